The fourth-order valence-electron chi connectivity index (χ4n) is 0.865. The molecule has 1 rings (SSSR count). The Balaban J connectivity index is 2.56. The summed E-state index contributed by atoms with van der Waals surface area (Å²) in [5.74, 6) is 0. The van der Waals surface area contributed by atoms with E-state index in [1.165, 1.54) is 6.04 Å². The Labute approximate surface area is 68.5 Å². The summed E-state index contributed by atoms with van der Waals surface area (Å²) < 4.78 is 1.94. The quantitative estimate of drug-likeness (QED) is 0.643. The molecule has 1 aromatic rings. The number of aromatic nitrogens is 3. The molecule has 3 nitrogen and oxygen atoms in total. The van der Waals surface area contributed by atoms with Gasteiger partial charge in [-0.2, -0.15) is 5.10 Å². The highest BCUT2D eigenvalue weighted by Gasteiger charge is 2.18. The van der Waals surface area contributed by atoms with Crippen LogP contribution >= 0.6 is 0 Å². The minimum absolute atomic E-state index is 1.02. The molecule has 0 aromatic carbocycles. The van der Waals surface area contributed by atoms with Crippen molar-refractivity contribution in [3.63, 3.8) is 0 Å². The van der Waals surface area contributed by atoms with Gasteiger partial charge in [0.2, 0.25) is 0 Å². The van der Waals surface area contributed by atoms with E-state index in [9.17, 15) is 0 Å². The maximum Gasteiger partial charge on any atom is 0.137 e. The average Bonchev–Trinajstić information content (AvgIpc) is 2.39. The van der Waals surface area contributed by atoms with Crippen LogP contribution in [0.5, 0.6) is 0 Å². The molecule has 0 aliphatic carbocycles. The van der Waals surface area contributed by atoms with Gasteiger partial charge < -0.3 is 0 Å². The minimum atomic E-state index is -1.02. The third kappa shape index (κ3) is 2.46. The van der Waals surface area contributed by atoms with E-state index in [1.807, 2.05) is 4.68 Å². The van der Waals surface area contributed by atoms with Gasteiger partial charge in [0.05, 0.1) is 8.07 Å². The average molecular weight is 169 g/mol. The van der Waals surface area contributed by atoms with E-state index in [-0.39, 0.29) is 0 Å². The molecule has 0 saturated heterocycles. The summed E-state index contributed by atoms with van der Waals surface area (Å²) in [4.78, 5) is 3.91. The van der Waals surface area contributed by atoms with E-state index in [0.717, 1.165) is 6.17 Å². The van der Waals surface area contributed by atoms with E-state index in [1.54, 1.807) is 12.7 Å². The first-order valence-electron chi connectivity index (χ1n) is 3.96. The molecule has 11 heavy (non-hydrogen) atoms. The van der Waals surface area contributed by atoms with Crippen molar-refractivity contribution in [1.29, 1.82) is 0 Å². The number of hydrogen-bond donors (Lipinski definition) is 0. The van der Waals surface area contributed by atoms with Gasteiger partial charge in [0.15, 0.2) is 0 Å². The molecule has 4 heteroatoms. The van der Waals surface area contributed by atoms with Crippen LogP contribution in [0.4, 0.5) is 0 Å². The van der Waals surface area contributed by atoms with E-state index in [2.05, 4.69) is 30.1 Å². The second-order valence-corrected chi connectivity index (χ2v) is 8.96. The van der Waals surface area contributed by atoms with Crippen LogP contribution in [0.3, 0.4) is 0 Å². The maximum absolute atomic E-state index is 4.09. The van der Waals surface area contributed by atoms with Gasteiger partial charge in [0, 0.05) is 6.17 Å². The first kappa shape index (κ1) is 8.45. The Bertz CT molecular complexity index is 205. The zero-order valence-electron chi connectivity index (χ0n) is 7.41. The van der Waals surface area contributed by atoms with Crippen molar-refractivity contribution >= 4 is 8.07 Å². The van der Waals surface area contributed by atoms with Crippen molar-refractivity contribution in [2.45, 2.75) is 32.2 Å². The first-order chi connectivity index (χ1) is 5.14. The monoisotopic (exact) mass is 169 g/mol. The maximum atomic E-state index is 4.09. The van der Waals surface area contributed by atoms with Crippen molar-refractivity contribution in [3.05, 3.63) is 12.7 Å². The SMILES string of the molecule is CC[Si](C)(C)Cn1cncn1. The van der Waals surface area contributed by atoms with E-state index in [4.69, 9.17) is 0 Å². The third-order valence-corrected chi connectivity index (χ3v) is 5.11. The Morgan fingerprint density at radius 3 is 2.64 bits per heavy atom. The Morgan fingerprint density at radius 2 is 2.18 bits per heavy atom. The molecule has 0 N–H and O–H groups in total. The van der Waals surface area contributed by atoms with Crippen LogP contribution in [0.25, 0.3) is 0 Å². The molecule has 1 heterocycles. The summed E-state index contributed by atoms with van der Waals surface area (Å²) in [5.41, 5.74) is 0. The summed E-state index contributed by atoms with van der Waals surface area (Å²) in [6, 6.07) is 1.30. The van der Waals surface area contributed by atoms with Crippen molar-refractivity contribution in [2.24, 2.45) is 0 Å². The molecule has 0 fully saturated rings. The third-order valence-electron chi connectivity index (χ3n) is 2.01. The second kappa shape index (κ2) is 3.17. The second-order valence-electron chi connectivity index (χ2n) is 3.61. The highest BCUT2D eigenvalue weighted by Crippen LogP contribution is 2.09. The van der Waals surface area contributed by atoms with E-state index in [0.29, 0.717) is 0 Å². The van der Waals surface area contributed by atoms with Crippen LogP contribution in [0.15, 0.2) is 12.7 Å². The van der Waals surface area contributed by atoms with Gasteiger partial charge in [0.1, 0.15) is 12.7 Å². The zero-order chi connectivity index (χ0) is 8.32. The van der Waals surface area contributed by atoms with Crippen LogP contribution < -0.4 is 0 Å². The molecule has 0 aliphatic heterocycles. The highest BCUT2D eigenvalue weighted by atomic mass is 28.3. The Morgan fingerprint density at radius 1 is 1.45 bits per heavy atom. The van der Waals surface area contributed by atoms with Gasteiger partial charge in [-0.1, -0.05) is 26.1 Å². The standard InChI is InChI=1S/C7H15N3Si/c1-4-11(2,3)7-10-6-8-5-9-10/h5-6H,4,7H2,1-3H3. The lowest BCUT2D eigenvalue weighted by molar-refractivity contribution is 0.719. The fourth-order valence-corrected chi connectivity index (χ4v) is 2.13. The molecular weight excluding hydrogens is 154 g/mol. The van der Waals surface area contributed by atoms with Crippen molar-refractivity contribution in [2.75, 3.05) is 0 Å². The molecule has 0 radical (unpaired) electrons. The summed E-state index contributed by atoms with van der Waals surface area (Å²) in [7, 11) is -1.02. The predicted octanol–water partition coefficient (Wildman–Crippen LogP) is 1.55. The lowest BCUT2D eigenvalue weighted by Crippen LogP contribution is -2.31. The highest BCUT2D eigenvalue weighted by molar-refractivity contribution is 6.76. The van der Waals surface area contributed by atoms with Gasteiger partial charge in [-0.15, -0.1) is 0 Å². The molecule has 0 atom stereocenters. The van der Waals surface area contributed by atoms with Gasteiger partial charge in [0.25, 0.3) is 0 Å². The molecule has 62 valence electrons. The predicted molar refractivity (Wildman–Crippen MR) is 48.0 cm³/mol. The largest absolute Gasteiger partial charge is 0.256 e. The lowest BCUT2D eigenvalue weighted by Gasteiger charge is -2.18. The molecule has 0 spiro atoms. The molecular formula is C7H15N3Si. The van der Waals surface area contributed by atoms with Gasteiger partial charge in [-0.05, 0) is 0 Å². The van der Waals surface area contributed by atoms with Crippen LogP contribution in [-0.2, 0) is 6.17 Å². The van der Waals surface area contributed by atoms with Gasteiger partial charge in [-0.25, -0.2) is 4.98 Å². The molecule has 0 amide bonds. The summed E-state index contributed by atoms with van der Waals surface area (Å²) >= 11 is 0. The van der Waals surface area contributed by atoms with E-state index < -0.39 is 8.07 Å². The fraction of sp³-hybridized carbons (Fsp3) is 0.714. The summed E-state index contributed by atoms with van der Waals surface area (Å²) in [6.07, 6.45) is 4.48. The van der Waals surface area contributed by atoms with Crippen molar-refractivity contribution < 1.29 is 0 Å². The smallest absolute Gasteiger partial charge is 0.137 e. The molecule has 0 aliphatic rings. The molecule has 0 unspecified atom stereocenters. The Kier molecular flexibility index (Phi) is 2.44. The number of hydrogen-bond acceptors (Lipinski definition) is 2. The molecule has 0 bridgehead atoms. The van der Waals surface area contributed by atoms with Gasteiger partial charge >= 0.3 is 0 Å². The van der Waals surface area contributed by atoms with Crippen molar-refractivity contribution in [3.8, 4) is 0 Å². The van der Waals surface area contributed by atoms with Gasteiger partial charge in [-0.3, -0.25) is 4.68 Å². The summed E-state index contributed by atoms with van der Waals surface area (Å²) in [6.45, 7) is 6.99. The van der Waals surface area contributed by atoms with Crippen LogP contribution in [-0.4, -0.2) is 22.8 Å². The Hall–Kier alpha value is -0.643. The summed E-state index contributed by atoms with van der Waals surface area (Å²) in [5, 5.41) is 4.09. The van der Waals surface area contributed by atoms with Crippen molar-refractivity contribution in [1.82, 2.24) is 14.8 Å². The van der Waals surface area contributed by atoms with Crippen LogP contribution in [0.1, 0.15) is 6.92 Å². The topological polar surface area (TPSA) is 30.7 Å². The lowest BCUT2D eigenvalue weighted by atomic mass is 11.0. The van der Waals surface area contributed by atoms with E-state index >= 15 is 0 Å². The first-order valence-corrected chi connectivity index (χ1v) is 7.38. The minimum Gasteiger partial charge on any atom is -0.256 e. The number of nitrogens with zero attached hydrogens (tertiary/aromatic N) is 3. The normalized spacial score (nSPS) is 11.9. The molecule has 0 saturated carbocycles. The molecule has 1 aromatic heterocycles. The zero-order valence-corrected chi connectivity index (χ0v) is 8.41. The van der Waals surface area contributed by atoms with Crippen LogP contribution in [0, 0.1) is 0 Å². The number of rotatable bonds is 3. The van der Waals surface area contributed by atoms with Crippen LogP contribution in [0.2, 0.25) is 19.1 Å².